The number of rotatable bonds is 7. The lowest BCUT2D eigenvalue weighted by Crippen LogP contribution is -2.31. The Bertz CT molecular complexity index is 1430. The van der Waals surface area contributed by atoms with Gasteiger partial charge in [0.15, 0.2) is 20.8 Å². The molecule has 11 N–H and O–H groups in total. The molecule has 2 aromatic carbocycles. The normalized spacial score (nSPS) is 13.9. The first kappa shape index (κ1) is 23.8. The molecule has 0 aliphatic carbocycles. The van der Waals surface area contributed by atoms with E-state index >= 15 is 0 Å². The highest BCUT2D eigenvalue weighted by Crippen LogP contribution is 2.38. The largest absolute Gasteiger partial charge is 0.382 e. The van der Waals surface area contributed by atoms with E-state index in [1.807, 2.05) is 5.53 Å². The second-order valence-corrected chi connectivity index (χ2v) is 11.7. The van der Waals surface area contributed by atoms with Crippen molar-refractivity contribution >= 4 is 52.4 Å². The molecule has 3 rings (SSSR count). The van der Waals surface area contributed by atoms with Gasteiger partial charge in [0, 0.05) is 17.7 Å². The SMILES string of the molecule is CC(CN)S(=O)(=O)c1ccc(-c2cccc3sc(N)nc23)c(/C(N)=N/NN)c1S(N)(=O)=O. The van der Waals surface area contributed by atoms with E-state index in [4.69, 9.17) is 28.2 Å². The van der Waals surface area contributed by atoms with Gasteiger partial charge in [0.1, 0.15) is 4.90 Å². The van der Waals surface area contributed by atoms with Crippen LogP contribution in [-0.4, -0.2) is 39.4 Å². The van der Waals surface area contributed by atoms with E-state index in [9.17, 15) is 16.8 Å². The molecule has 0 radical (unpaired) electrons. The third kappa shape index (κ3) is 4.13. The molecule has 0 aliphatic rings. The highest BCUT2D eigenvalue weighted by molar-refractivity contribution is 7.94. The number of aromatic nitrogens is 1. The predicted molar refractivity (Wildman–Crippen MR) is 125 cm³/mol. The van der Waals surface area contributed by atoms with Gasteiger partial charge in [-0.2, -0.15) is 0 Å². The summed E-state index contributed by atoms with van der Waals surface area (Å²) in [6, 6.07) is 7.72. The number of hydrazone groups is 1. The van der Waals surface area contributed by atoms with E-state index in [2.05, 4.69) is 10.1 Å². The van der Waals surface area contributed by atoms with E-state index in [1.165, 1.54) is 24.3 Å². The zero-order chi connectivity index (χ0) is 23.8. The summed E-state index contributed by atoms with van der Waals surface area (Å²) in [4.78, 5) is 3.04. The fraction of sp³-hybridized carbons (Fsp3) is 0.176. The van der Waals surface area contributed by atoms with E-state index in [0.29, 0.717) is 16.2 Å². The highest BCUT2D eigenvalue weighted by Gasteiger charge is 2.34. The number of nitrogen functional groups attached to an aromatic ring is 1. The van der Waals surface area contributed by atoms with Gasteiger partial charge in [-0.25, -0.2) is 38.3 Å². The van der Waals surface area contributed by atoms with E-state index in [1.54, 1.807) is 18.2 Å². The number of primary sulfonamides is 1. The van der Waals surface area contributed by atoms with Gasteiger partial charge in [-0.3, -0.25) is 0 Å². The van der Waals surface area contributed by atoms with Gasteiger partial charge in [0.05, 0.1) is 20.4 Å². The third-order valence-electron chi connectivity index (χ3n) is 4.74. The van der Waals surface area contributed by atoms with Gasteiger partial charge >= 0.3 is 0 Å². The maximum Gasteiger partial charge on any atom is 0.240 e. The Morgan fingerprint density at radius 2 is 1.88 bits per heavy atom. The summed E-state index contributed by atoms with van der Waals surface area (Å²) in [5.41, 5.74) is 20.3. The number of nitrogens with one attached hydrogen (secondary N) is 1. The van der Waals surface area contributed by atoms with Crippen LogP contribution in [0.3, 0.4) is 0 Å². The smallest absolute Gasteiger partial charge is 0.240 e. The second kappa shape index (κ2) is 8.61. The van der Waals surface area contributed by atoms with E-state index in [0.717, 1.165) is 10.8 Å². The first-order chi connectivity index (χ1) is 14.9. The predicted octanol–water partition coefficient (Wildman–Crippen LogP) is -0.603. The Labute approximate surface area is 188 Å². The molecule has 1 unspecified atom stereocenters. The summed E-state index contributed by atoms with van der Waals surface area (Å²) < 4.78 is 52.2. The number of benzene rings is 2. The van der Waals surface area contributed by atoms with Crippen molar-refractivity contribution in [3.8, 4) is 11.1 Å². The average Bonchev–Trinajstić information content (AvgIpc) is 3.11. The minimum atomic E-state index is -4.62. The minimum absolute atomic E-state index is 0.223. The van der Waals surface area contributed by atoms with Gasteiger partial charge in [0.2, 0.25) is 10.0 Å². The van der Waals surface area contributed by atoms with Crippen LogP contribution in [0.1, 0.15) is 12.5 Å². The Balaban J connectivity index is 2.55. The van der Waals surface area contributed by atoms with Crippen LogP contribution in [0.5, 0.6) is 0 Å². The topological polar surface area (TPSA) is 236 Å². The lowest BCUT2D eigenvalue weighted by Gasteiger charge is -2.19. The molecule has 0 amide bonds. The molecule has 1 aromatic heterocycles. The van der Waals surface area contributed by atoms with Gasteiger partial charge in [0.25, 0.3) is 0 Å². The number of hydrogen-bond acceptors (Lipinski definition) is 11. The van der Waals surface area contributed by atoms with Gasteiger partial charge in [-0.15, -0.1) is 5.10 Å². The van der Waals surface area contributed by atoms with Crippen LogP contribution in [0, 0.1) is 0 Å². The van der Waals surface area contributed by atoms with Crippen molar-refractivity contribution in [2.24, 2.45) is 27.6 Å². The molecule has 172 valence electrons. The van der Waals surface area contributed by atoms with Crippen LogP contribution < -0.4 is 33.7 Å². The molecule has 0 bridgehead atoms. The summed E-state index contributed by atoms with van der Waals surface area (Å²) in [6.45, 7) is 1.11. The summed E-state index contributed by atoms with van der Waals surface area (Å²) >= 11 is 1.23. The van der Waals surface area contributed by atoms with Crippen LogP contribution in [0.2, 0.25) is 0 Å². The minimum Gasteiger partial charge on any atom is -0.382 e. The van der Waals surface area contributed by atoms with Crippen molar-refractivity contribution in [2.45, 2.75) is 22.0 Å². The van der Waals surface area contributed by atoms with Crippen LogP contribution in [0.4, 0.5) is 5.13 Å². The molecule has 0 spiro atoms. The summed E-state index contributed by atoms with van der Waals surface area (Å²) in [6.07, 6.45) is 0. The molecule has 15 heteroatoms. The van der Waals surface area contributed by atoms with Crippen LogP contribution in [0.15, 0.2) is 45.2 Å². The number of thiazole rings is 1. The van der Waals surface area contributed by atoms with E-state index < -0.39 is 40.7 Å². The van der Waals surface area contributed by atoms with Gasteiger partial charge in [-0.05, 0) is 24.6 Å². The van der Waals surface area contributed by atoms with Crippen molar-refractivity contribution < 1.29 is 16.8 Å². The summed E-state index contributed by atoms with van der Waals surface area (Å²) in [7, 11) is -8.81. The number of hydrazine groups is 1. The maximum atomic E-state index is 13.1. The van der Waals surface area contributed by atoms with Crippen molar-refractivity contribution in [2.75, 3.05) is 12.3 Å². The number of sulfone groups is 1. The second-order valence-electron chi connectivity index (χ2n) is 6.78. The molecule has 3 aromatic rings. The van der Waals surface area contributed by atoms with Crippen molar-refractivity contribution in [3.63, 3.8) is 0 Å². The number of fused-ring (bicyclic) bond motifs is 1. The number of amidine groups is 1. The average molecular weight is 499 g/mol. The Kier molecular flexibility index (Phi) is 6.41. The molecule has 0 fully saturated rings. The molecular formula is C17H22N8O4S3. The molecule has 1 atom stereocenters. The Morgan fingerprint density at radius 1 is 1.19 bits per heavy atom. The number of anilines is 1. The Hall–Kier alpha value is -2.82. The lowest BCUT2D eigenvalue weighted by molar-refractivity contribution is 0.575. The number of nitrogens with two attached hydrogens (primary N) is 5. The van der Waals surface area contributed by atoms with Crippen molar-refractivity contribution in [3.05, 3.63) is 35.9 Å². The number of nitrogens with zero attached hydrogens (tertiary/aromatic N) is 2. The van der Waals surface area contributed by atoms with Crippen molar-refractivity contribution in [1.29, 1.82) is 0 Å². The molecule has 1 heterocycles. The first-order valence-corrected chi connectivity index (χ1v) is 12.9. The standard InChI is InChI=1S/C17H22N8O4S3/c1-8(7-18)31(26,27)12-6-5-9(10-3-2-4-11-14(10)23-17(20)30-11)13(16(19)24-25-21)15(12)32(22,28)29/h2-6,8,25H,7,18,21H2,1H3,(H2,19,24)(H2,20,23)(H2,22,28,29). The molecule has 32 heavy (non-hydrogen) atoms. The number of para-hydroxylation sites is 1. The molecule has 0 saturated heterocycles. The highest BCUT2D eigenvalue weighted by atomic mass is 32.2. The maximum absolute atomic E-state index is 13.1. The molecule has 12 nitrogen and oxygen atoms in total. The van der Waals surface area contributed by atoms with Crippen molar-refractivity contribution in [1.82, 2.24) is 10.5 Å². The molecule has 0 aliphatic heterocycles. The zero-order valence-electron chi connectivity index (χ0n) is 16.8. The lowest BCUT2D eigenvalue weighted by atomic mass is 9.98. The van der Waals surface area contributed by atoms with Crippen LogP contribution >= 0.6 is 11.3 Å². The summed E-state index contributed by atoms with van der Waals surface area (Å²) in [5, 5.41) is 8.35. The quantitative estimate of drug-likeness (QED) is 0.105. The zero-order valence-corrected chi connectivity index (χ0v) is 19.3. The Morgan fingerprint density at radius 3 is 2.47 bits per heavy atom. The monoisotopic (exact) mass is 498 g/mol. The molecular weight excluding hydrogens is 476 g/mol. The fourth-order valence-electron chi connectivity index (χ4n) is 3.20. The van der Waals surface area contributed by atoms with E-state index in [-0.39, 0.29) is 17.7 Å². The number of sulfonamides is 1. The fourth-order valence-corrected chi connectivity index (χ4v) is 6.81. The van der Waals surface area contributed by atoms with Gasteiger partial charge in [-0.1, -0.05) is 29.5 Å². The number of hydrogen-bond donors (Lipinski definition) is 6. The first-order valence-electron chi connectivity index (χ1n) is 9.01. The van der Waals surface area contributed by atoms with Crippen LogP contribution in [-0.2, 0) is 19.9 Å². The summed E-state index contributed by atoms with van der Waals surface area (Å²) in [5.74, 6) is 4.84. The van der Waals surface area contributed by atoms with Crippen LogP contribution in [0.25, 0.3) is 21.3 Å². The molecule has 0 saturated carbocycles. The third-order valence-corrected chi connectivity index (χ3v) is 8.92. The van der Waals surface area contributed by atoms with Gasteiger partial charge < -0.3 is 17.2 Å².